The van der Waals surface area contributed by atoms with Crippen LogP contribution in [0.15, 0.2) is 0 Å². The van der Waals surface area contributed by atoms with Crippen LogP contribution in [0.3, 0.4) is 0 Å². The van der Waals surface area contributed by atoms with Gasteiger partial charge in [-0.3, -0.25) is 15.0 Å². The van der Waals surface area contributed by atoms with E-state index in [4.69, 9.17) is 0 Å². The molecule has 0 amide bonds. The van der Waals surface area contributed by atoms with Crippen molar-refractivity contribution in [3.63, 3.8) is 0 Å². The SMILES string of the molecule is C.CC.CC(C)C(C)C.Cc1nc(C(C)C)c(C)c(C)c1C.Cc1nc(C(C)C)nc(C)c1C.Cc1nc(C)c(C(C)C)nc1C.Cc1nc(C)c(C)c(C(C)C)n1.Cc1nnc(C(C)C)c(C)c1C. The van der Waals surface area contributed by atoms with Crippen molar-refractivity contribution < 1.29 is 0 Å². The first kappa shape index (κ1) is 69.7. The lowest BCUT2D eigenvalue weighted by Crippen LogP contribution is -2.03. The number of hydrogen-bond acceptors (Lipinski definition) is 9. The molecule has 0 spiro atoms. The van der Waals surface area contributed by atoms with Crippen LogP contribution in [0.2, 0.25) is 0 Å². The fourth-order valence-electron chi connectivity index (χ4n) is 6.64. The summed E-state index contributed by atoms with van der Waals surface area (Å²) >= 11 is 0. The Morgan fingerprint density at radius 2 is 0.586 bits per heavy atom. The third kappa shape index (κ3) is 22.7. The molecule has 0 unspecified atom stereocenters. The van der Waals surface area contributed by atoms with Gasteiger partial charge in [-0.2, -0.15) is 10.2 Å². The quantitative estimate of drug-likeness (QED) is 0.164. The van der Waals surface area contributed by atoms with E-state index < -0.39 is 0 Å². The summed E-state index contributed by atoms with van der Waals surface area (Å²) in [6.07, 6.45) is 0. The third-order valence-electron chi connectivity index (χ3n) is 12.9. The molecular formula is C61H107N9. The van der Waals surface area contributed by atoms with Gasteiger partial charge in [0, 0.05) is 40.1 Å². The summed E-state index contributed by atoms with van der Waals surface area (Å²) in [6, 6.07) is 0. The molecule has 0 saturated heterocycles. The molecular weight excluding hydrogens is 859 g/mol. The van der Waals surface area contributed by atoms with Crippen LogP contribution < -0.4 is 0 Å². The molecule has 0 aliphatic rings. The predicted octanol–water partition coefficient (Wildman–Crippen LogP) is 17.5. The summed E-state index contributed by atoms with van der Waals surface area (Å²) in [5.41, 5.74) is 22.4. The molecule has 70 heavy (non-hydrogen) atoms. The van der Waals surface area contributed by atoms with Gasteiger partial charge in [0.15, 0.2) is 0 Å². The summed E-state index contributed by atoms with van der Waals surface area (Å²) in [5, 5.41) is 8.30. The fourth-order valence-corrected chi connectivity index (χ4v) is 6.64. The Kier molecular flexibility index (Phi) is 33.1. The molecule has 0 aliphatic carbocycles. The summed E-state index contributed by atoms with van der Waals surface area (Å²) in [5.74, 6) is 5.91. The first-order chi connectivity index (χ1) is 31.7. The highest BCUT2D eigenvalue weighted by atomic mass is 15.1. The van der Waals surface area contributed by atoms with E-state index in [1.54, 1.807) is 0 Å². The lowest BCUT2D eigenvalue weighted by molar-refractivity contribution is 0.457. The Balaban J connectivity index is -0.000000769. The van der Waals surface area contributed by atoms with Crippen molar-refractivity contribution in [1.29, 1.82) is 0 Å². The Bertz CT molecular complexity index is 2280. The first-order valence-electron chi connectivity index (χ1n) is 25.9. The molecule has 0 bridgehead atoms. The molecule has 5 rings (SSSR count). The standard InChI is InChI=1S/C12H19N.4C10H16N2.C6H14.C2H6.CH4/c1-7(2)12-10(5)8(3)9(4)11(6)13-12;1-6(2)10-9(5)11-7(3)8(4)12-10;1-6(2)10-7(3)8(4)11-9(5)12-10;1-6(2)10-11-8(4)7(3)9(5)12-10;1-6(2)10-8(4)7(3)9(5)11-12-10;1-5(2)6(3)4;1-2;/h7H,1-6H3;4*6H,1-5H3;5-6H,1-4H3;1-2H3;1H4. The second-order valence-electron chi connectivity index (χ2n) is 20.7. The summed E-state index contributed by atoms with van der Waals surface area (Å²) in [7, 11) is 0. The molecule has 9 nitrogen and oxygen atoms in total. The molecule has 5 heterocycles. The number of aromatic nitrogens is 9. The van der Waals surface area contributed by atoms with E-state index in [9.17, 15) is 0 Å². The van der Waals surface area contributed by atoms with Crippen LogP contribution in [-0.4, -0.2) is 45.1 Å². The van der Waals surface area contributed by atoms with E-state index in [-0.39, 0.29) is 7.43 Å². The topological polar surface area (TPSA) is 116 Å². The smallest absolute Gasteiger partial charge is 0.131 e. The predicted molar refractivity (Wildman–Crippen MR) is 306 cm³/mol. The number of aryl methyl sites for hydroxylation is 9. The molecule has 5 aromatic rings. The van der Waals surface area contributed by atoms with E-state index >= 15 is 0 Å². The van der Waals surface area contributed by atoms with E-state index in [0.29, 0.717) is 29.6 Å². The number of nitrogens with zero attached hydrogens (tertiary/aromatic N) is 9. The van der Waals surface area contributed by atoms with Crippen molar-refractivity contribution in [2.75, 3.05) is 0 Å². The van der Waals surface area contributed by atoms with Gasteiger partial charge in [0.25, 0.3) is 0 Å². The largest absolute Gasteiger partial charge is 0.257 e. The first-order valence-corrected chi connectivity index (χ1v) is 25.9. The maximum Gasteiger partial charge on any atom is 0.131 e. The van der Waals surface area contributed by atoms with Crippen LogP contribution in [0, 0.1) is 123 Å². The van der Waals surface area contributed by atoms with E-state index in [0.717, 1.165) is 74.7 Å². The van der Waals surface area contributed by atoms with Gasteiger partial charge in [0.1, 0.15) is 11.6 Å². The van der Waals surface area contributed by atoms with Crippen LogP contribution in [0.25, 0.3) is 0 Å². The van der Waals surface area contributed by atoms with E-state index in [1.165, 1.54) is 56.0 Å². The molecule has 0 radical (unpaired) electrons. The Morgan fingerprint density at radius 1 is 0.243 bits per heavy atom. The monoisotopic (exact) mass is 966 g/mol. The summed E-state index contributed by atoms with van der Waals surface area (Å²) in [6.45, 7) is 67.5. The lowest BCUT2D eigenvalue weighted by atomic mass is 9.97. The van der Waals surface area contributed by atoms with Crippen LogP contribution >= 0.6 is 0 Å². The highest BCUT2D eigenvalue weighted by Gasteiger charge is 2.13. The summed E-state index contributed by atoms with van der Waals surface area (Å²) in [4.78, 5) is 31.1. The minimum absolute atomic E-state index is 0. The van der Waals surface area contributed by atoms with Crippen LogP contribution in [0.4, 0.5) is 0 Å². The third-order valence-corrected chi connectivity index (χ3v) is 12.9. The van der Waals surface area contributed by atoms with Gasteiger partial charge in [-0.25, -0.2) is 19.9 Å². The van der Waals surface area contributed by atoms with Crippen molar-refractivity contribution in [2.45, 2.75) is 259 Å². The second kappa shape index (κ2) is 33.2. The van der Waals surface area contributed by atoms with Crippen molar-refractivity contribution >= 4 is 0 Å². The minimum Gasteiger partial charge on any atom is -0.257 e. The Morgan fingerprint density at radius 3 is 0.986 bits per heavy atom. The zero-order chi connectivity index (χ0) is 54.5. The highest BCUT2D eigenvalue weighted by molar-refractivity contribution is 5.38. The molecule has 396 valence electrons. The van der Waals surface area contributed by atoms with E-state index in [1.807, 2.05) is 69.2 Å². The Labute approximate surface area is 432 Å². The number of rotatable bonds is 6. The van der Waals surface area contributed by atoms with Gasteiger partial charge in [0.05, 0.1) is 34.2 Å². The van der Waals surface area contributed by atoms with Gasteiger partial charge >= 0.3 is 0 Å². The van der Waals surface area contributed by atoms with Crippen molar-refractivity contribution in [2.24, 2.45) is 11.8 Å². The lowest BCUT2D eigenvalue weighted by Gasteiger charge is -2.15. The van der Waals surface area contributed by atoms with Crippen molar-refractivity contribution in [1.82, 2.24) is 45.1 Å². The molecule has 0 fully saturated rings. The maximum absolute atomic E-state index is 4.63. The van der Waals surface area contributed by atoms with Gasteiger partial charge in [-0.15, -0.1) is 0 Å². The van der Waals surface area contributed by atoms with Gasteiger partial charge in [0.2, 0.25) is 0 Å². The molecule has 0 aromatic carbocycles. The molecule has 0 aliphatic heterocycles. The number of hydrogen-bond donors (Lipinski definition) is 0. The fraction of sp³-hybridized carbons (Fsp3) is 0.656. The molecule has 0 atom stereocenters. The molecule has 9 heteroatoms. The molecule has 5 aromatic heterocycles. The zero-order valence-corrected chi connectivity index (χ0v) is 50.6. The van der Waals surface area contributed by atoms with Gasteiger partial charge < -0.3 is 0 Å². The maximum atomic E-state index is 4.63. The second-order valence-corrected chi connectivity index (χ2v) is 20.7. The van der Waals surface area contributed by atoms with Crippen LogP contribution in [-0.2, 0) is 0 Å². The van der Waals surface area contributed by atoms with Crippen molar-refractivity contribution in [3.8, 4) is 0 Å². The zero-order valence-electron chi connectivity index (χ0n) is 50.6. The highest BCUT2D eigenvalue weighted by Crippen LogP contribution is 2.24. The molecule has 0 N–H and O–H groups in total. The molecule has 0 saturated carbocycles. The number of pyridine rings is 1. The Hall–Kier alpha value is -4.53. The average molecular weight is 967 g/mol. The average Bonchev–Trinajstić information content (AvgIpc) is 3.26. The van der Waals surface area contributed by atoms with Gasteiger partial charge in [-0.1, -0.05) is 118 Å². The van der Waals surface area contributed by atoms with Crippen LogP contribution in [0.1, 0.15) is 267 Å². The van der Waals surface area contributed by atoms with Gasteiger partial charge in [-0.05, 0) is 185 Å². The van der Waals surface area contributed by atoms with Crippen molar-refractivity contribution in [3.05, 3.63) is 119 Å². The van der Waals surface area contributed by atoms with Crippen LogP contribution in [0.5, 0.6) is 0 Å². The van der Waals surface area contributed by atoms with E-state index in [2.05, 4.69) is 197 Å². The minimum atomic E-state index is 0. The summed E-state index contributed by atoms with van der Waals surface area (Å²) < 4.78 is 0. The normalized spacial score (nSPS) is 10.5.